The molecule has 0 unspecified atom stereocenters. The molecule has 2 aromatic rings. The molecular weight excluding hydrogens is 231 g/mol. The zero-order valence-electron chi connectivity index (χ0n) is 8.40. The van der Waals surface area contributed by atoms with Crippen molar-refractivity contribution in [3.8, 4) is 0 Å². The van der Waals surface area contributed by atoms with Gasteiger partial charge < -0.3 is 5.73 Å². The molecule has 0 spiro atoms. The van der Waals surface area contributed by atoms with E-state index in [1.807, 2.05) is 0 Å². The Morgan fingerprint density at radius 1 is 1.44 bits per heavy atom. The van der Waals surface area contributed by atoms with Crippen molar-refractivity contribution in [2.75, 3.05) is 0 Å². The van der Waals surface area contributed by atoms with Gasteiger partial charge in [0.05, 0.1) is 13.1 Å². The normalized spacial score (nSPS) is 10.7. The summed E-state index contributed by atoms with van der Waals surface area (Å²) in [6.07, 6.45) is 1.39. The summed E-state index contributed by atoms with van der Waals surface area (Å²) in [4.78, 5) is 3.95. The lowest BCUT2D eigenvalue weighted by Crippen LogP contribution is -2.11. The van der Waals surface area contributed by atoms with Gasteiger partial charge in [0.15, 0.2) is 0 Å². The smallest absolute Gasteiger partial charge is 0.140 e. The summed E-state index contributed by atoms with van der Waals surface area (Å²) in [5.74, 6) is 0.294. The van der Waals surface area contributed by atoms with Crippen molar-refractivity contribution < 1.29 is 4.39 Å². The van der Waals surface area contributed by atoms with Gasteiger partial charge in [-0.3, -0.25) is 0 Å². The Morgan fingerprint density at radius 2 is 2.25 bits per heavy atom. The van der Waals surface area contributed by atoms with Crippen LogP contribution in [0.1, 0.15) is 11.4 Å². The van der Waals surface area contributed by atoms with Gasteiger partial charge >= 0.3 is 0 Å². The van der Waals surface area contributed by atoms with Crippen LogP contribution < -0.4 is 5.73 Å². The van der Waals surface area contributed by atoms with Crippen LogP contribution in [0.5, 0.6) is 0 Å². The van der Waals surface area contributed by atoms with Crippen molar-refractivity contribution in [1.82, 2.24) is 14.8 Å². The standard InChI is InChI=1S/C10H10ClFN4/c11-8-1-2-9(12)7(3-8)5-16-10(4-13)14-6-15-16/h1-3,6H,4-5,13H2. The molecule has 0 atom stereocenters. The predicted octanol–water partition coefficient (Wildman–Crippen LogP) is 1.58. The lowest BCUT2D eigenvalue weighted by atomic mass is 10.2. The van der Waals surface area contributed by atoms with E-state index in [0.29, 0.717) is 16.4 Å². The first kappa shape index (κ1) is 11.0. The quantitative estimate of drug-likeness (QED) is 0.886. The summed E-state index contributed by atoms with van der Waals surface area (Å²) in [5, 5.41) is 4.46. The second kappa shape index (κ2) is 4.59. The van der Waals surface area contributed by atoms with Gasteiger partial charge in [0.1, 0.15) is 18.0 Å². The van der Waals surface area contributed by atoms with Crippen LogP contribution in [0, 0.1) is 5.82 Å². The van der Waals surface area contributed by atoms with E-state index < -0.39 is 0 Å². The SMILES string of the molecule is NCc1ncnn1Cc1cc(Cl)ccc1F. The van der Waals surface area contributed by atoms with Crippen LogP contribution in [-0.2, 0) is 13.1 Å². The molecule has 16 heavy (non-hydrogen) atoms. The number of rotatable bonds is 3. The summed E-state index contributed by atoms with van der Waals surface area (Å²) in [6, 6.07) is 4.40. The first-order valence-electron chi connectivity index (χ1n) is 4.71. The highest BCUT2D eigenvalue weighted by Crippen LogP contribution is 2.16. The highest BCUT2D eigenvalue weighted by atomic mass is 35.5. The molecule has 0 amide bonds. The second-order valence-electron chi connectivity index (χ2n) is 3.27. The minimum atomic E-state index is -0.317. The average Bonchev–Trinajstić information content (AvgIpc) is 2.71. The maximum Gasteiger partial charge on any atom is 0.140 e. The number of halogens is 2. The number of aromatic nitrogens is 3. The fourth-order valence-electron chi connectivity index (χ4n) is 1.40. The van der Waals surface area contributed by atoms with E-state index in [0.717, 1.165) is 0 Å². The number of nitrogens with two attached hydrogens (primary N) is 1. The molecule has 0 fully saturated rings. The van der Waals surface area contributed by atoms with E-state index >= 15 is 0 Å². The van der Waals surface area contributed by atoms with E-state index in [4.69, 9.17) is 17.3 Å². The molecule has 2 N–H and O–H groups in total. The van der Waals surface area contributed by atoms with Gasteiger partial charge in [-0.25, -0.2) is 14.1 Å². The summed E-state index contributed by atoms with van der Waals surface area (Å²) >= 11 is 5.79. The third-order valence-corrected chi connectivity index (χ3v) is 2.44. The fourth-order valence-corrected chi connectivity index (χ4v) is 1.60. The number of hydrogen-bond acceptors (Lipinski definition) is 3. The Balaban J connectivity index is 2.30. The van der Waals surface area contributed by atoms with E-state index in [9.17, 15) is 4.39 Å². The third-order valence-electron chi connectivity index (χ3n) is 2.21. The summed E-state index contributed by atoms with van der Waals surface area (Å²) in [5.41, 5.74) is 5.94. The van der Waals surface area contributed by atoms with Crippen LogP contribution in [0.25, 0.3) is 0 Å². The summed E-state index contributed by atoms with van der Waals surface area (Å²) in [7, 11) is 0. The first-order valence-corrected chi connectivity index (χ1v) is 5.09. The van der Waals surface area contributed by atoms with Gasteiger partial charge in [0, 0.05) is 10.6 Å². The maximum atomic E-state index is 13.4. The Kier molecular flexibility index (Phi) is 3.17. The molecule has 1 heterocycles. The van der Waals surface area contributed by atoms with E-state index in [1.165, 1.54) is 18.5 Å². The Labute approximate surface area is 96.9 Å². The highest BCUT2D eigenvalue weighted by Gasteiger charge is 2.07. The van der Waals surface area contributed by atoms with Crippen LogP contribution in [-0.4, -0.2) is 14.8 Å². The molecule has 1 aromatic carbocycles. The van der Waals surface area contributed by atoms with Crippen LogP contribution in [0.3, 0.4) is 0 Å². The van der Waals surface area contributed by atoms with Gasteiger partial charge in [-0.05, 0) is 18.2 Å². The minimum Gasteiger partial charge on any atom is -0.324 e. The van der Waals surface area contributed by atoms with Gasteiger partial charge in [0.2, 0.25) is 0 Å². The van der Waals surface area contributed by atoms with E-state index in [-0.39, 0.29) is 18.9 Å². The Hall–Kier alpha value is -1.46. The van der Waals surface area contributed by atoms with Crippen molar-refractivity contribution >= 4 is 11.6 Å². The molecule has 0 radical (unpaired) electrons. The molecular formula is C10H10ClFN4. The lowest BCUT2D eigenvalue weighted by molar-refractivity contribution is 0.573. The molecule has 0 aliphatic heterocycles. The predicted molar refractivity (Wildman–Crippen MR) is 58.4 cm³/mol. The molecule has 0 aliphatic rings. The summed E-state index contributed by atoms with van der Waals surface area (Å²) < 4.78 is 15.0. The molecule has 2 rings (SSSR count). The first-order chi connectivity index (χ1) is 7.70. The molecule has 4 nitrogen and oxygen atoms in total. The molecule has 84 valence electrons. The number of nitrogens with zero attached hydrogens (tertiary/aromatic N) is 3. The van der Waals surface area contributed by atoms with Gasteiger partial charge in [-0.2, -0.15) is 5.10 Å². The average molecular weight is 241 g/mol. The topological polar surface area (TPSA) is 56.7 Å². The van der Waals surface area contributed by atoms with Crippen molar-refractivity contribution in [3.05, 3.63) is 46.8 Å². The van der Waals surface area contributed by atoms with Gasteiger partial charge in [-0.15, -0.1) is 0 Å². The van der Waals surface area contributed by atoms with E-state index in [1.54, 1.807) is 10.7 Å². The Morgan fingerprint density at radius 3 is 3.00 bits per heavy atom. The number of hydrogen-bond donors (Lipinski definition) is 1. The zero-order valence-corrected chi connectivity index (χ0v) is 9.15. The minimum absolute atomic E-state index is 0.266. The maximum absolute atomic E-state index is 13.4. The highest BCUT2D eigenvalue weighted by molar-refractivity contribution is 6.30. The zero-order chi connectivity index (χ0) is 11.5. The number of benzene rings is 1. The van der Waals surface area contributed by atoms with Crippen molar-refractivity contribution in [2.24, 2.45) is 5.73 Å². The fraction of sp³-hybridized carbons (Fsp3) is 0.200. The Bertz CT molecular complexity index is 497. The largest absolute Gasteiger partial charge is 0.324 e. The van der Waals surface area contributed by atoms with E-state index in [2.05, 4.69) is 10.1 Å². The molecule has 1 aromatic heterocycles. The van der Waals surface area contributed by atoms with Crippen molar-refractivity contribution in [2.45, 2.75) is 13.1 Å². The van der Waals surface area contributed by atoms with Gasteiger partial charge in [0.25, 0.3) is 0 Å². The van der Waals surface area contributed by atoms with Gasteiger partial charge in [-0.1, -0.05) is 11.6 Å². The lowest BCUT2D eigenvalue weighted by Gasteiger charge is -2.06. The molecule has 0 saturated carbocycles. The van der Waals surface area contributed by atoms with Crippen LogP contribution in [0.2, 0.25) is 5.02 Å². The summed E-state index contributed by atoms with van der Waals surface area (Å²) in [6.45, 7) is 0.543. The van der Waals surface area contributed by atoms with Crippen LogP contribution in [0.4, 0.5) is 4.39 Å². The molecule has 0 bridgehead atoms. The molecule has 0 saturated heterocycles. The van der Waals surface area contributed by atoms with Crippen LogP contribution >= 0.6 is 11.6 Å². The molecule has 6 heteroatoms. The second-order valence-corrected chi connectivity index (χ2v) is 3.71. The monoisotopic (exact) mass is 240 g/mol. The van der Waals surface area contributed by atoms with Crippen LogP contribution in [0.15, 0.2) is 24.5 Å². The third kappa shape index (κ3) is 2.20. The molecule has 0 aliphatic carbocycles. The van der Waals surface area contributed by atoms with Crippen molar-refractivity contribution in [3.63, 3.8) is 0 Å². The van der Waals surface area contributed by atoms with Crippen molar-refractivity contribution in [1.29, 1.82) is 0 Å².